The first-order chi connectivity index (χ1) is 5.94. The second-order valence-corrected chi connectivity index (χ2v) is 6.48. The van der Waals surface area contributed by atoms with Crippen LogP contribution in [0.15, 0.2) is 0 Å². The van der Waals surface area contributed by atoms with Crippen LogP contribution in [0.3, 0.4) is 0 Å². The molecule has 0 amide bonds. The molecule has 0 aromatic rings. The third-order valence-electron chi connectivity index (χ3n) is 3.25. The molecule has 0 spiro atoms. The van der Waals surface area contributed by atoms with Crippen molar-refractivity contribution >= 4 is 22.7 Å². The van der Waals surface area contributed by atoms with Crippen LogP contribution in [0.1, 0.15) is 13.3 Å². The number of thiol groups is 1. The third kappa shape index (κ3) is 0.830. The fourth-order valence-electron chi connectivity index (χ4n) is 2.55. The maximum absolute atomic E-state index is 11.4. The van der Waals surface area contributed by atoms with Crippen molar-refractivity contribution in [2.24, 2.45) is 0 Å². The van der Waals surface area contributed by atoms with Gasteiger partial charge in [-0.05, 0) is 13.3 Å². The summed E-state index contributed by atoms with van der Waals surface area (Å²) in [5.74, 6) is 0. The van der Waals surface area contributed by atoms with Gasteiger partial charge in [0.1, 0.15) is 17.5 Å². The van der Waals surface area contributed by atoms with Crippen molar-refractivity contribution < 1.29 is 17.3 Å². The first-order valence-corrected chi connectivity index (χ1v) is 6.21. The normalized spacial score (nSPS) is 61.7. The molecule has 5 atom stereocenters. The Morgan fingerprint density at radius 2 is 2.15 bits per heavy atom. The van der Waals surface area contributed by atoms with E-state index in [0.29, 0.717) is 6.42 Å². The van der Waals surface area contributed by atoms with Gasteiger partial charge in [-0.2, -0.15) is 21.0 Å². The van der Waals surface area contributed by atoms with Gasteiger partial charge >= 0.3 is 0 Å². The molecule has 0 N–H and O–H groups in total. The first kappa shape index (κ1) is 8.52. The predicted octanol–water partition coefficient (Wildman–Crippen LogP) is -0.0568. The number of ether oxygens (including phenoxy) is 1. The van der Waals surface area contributed by atoms with Crippen molar-refractivity contribution in [3.8, 4) is 0 Å². The van der Waals surface area contributed by atoms with E-state index in [9.17, 15) is 8.42 Å². The summed E-state index contributed by atoms with van der Waals surface area (Å²) < 4.78 is 33.5. The van der Waals surface area contributed by atoms with Crippen LogP contribution in [-0.4, -0.2) is 36.7 Å². The number of hydrogen-bond acceptors (Lipinski definition) is 5. The van der Waals surface area contributed by atoms with Crippen molar-refractivity contribution in [1.29, 1.82) is 0 Å². The van der Waals surface area contributed by atoms with Crippen LogP contribution in [0, 0.1) is 0 Å². The molecular weight excluding hydrogens is 212 g/mol. The molecule has 0 aromatic carbocycles. The minimum atomic E-state index is -3.38. The monoisotopic (exact) mass is 222 g/mol. The molecule has 5 unspecified atom stereocenters. The molecule has 3 fully saturated rings. The highest BCUT2D eigenvalue weighted by atomic mass is 32.2. The highest BCUT2D eigenvalue weighted by molar-refractivity contribution is 7.87. The maximum atomic E-state index is 11.4. The molecule has 0 saturated carbocycles. The van der Waals surface area contributed by atoms with E-state index in [2.05, 4.69) is 12.6 Å². The van der Waals surface area contributed by atoms with E-state index in [-0.39, 0.29) is 17.5 Å². The Hall–Kier alpha value is 0.220. The molecule has 6 heteroatoms. The zero-order valence-corrected chi connectivity index (χ0v) is 8.72. The molecule has 2 bridgehead atoms. The summed E-state index contributed by atoms with van der Waals surface area (Å²) in [6.45, 7) is 1.90. The zero-order valence-electron chi connectivity index (χ0n) is 7.00. The largest absolute Gasteiger partial charge is 0.366 e. The van der Waals surface area contributed by atoms with Gasteiger partial charge in [-0.1, -0.05) is 0 Å². The molecular formula is C7H10O4S2. The van der Waals surface area contributed by atoms with E-state index in [1.165, 1.54) is 0 Å². The van der Waals surface area contributed by atoms with Crippen LogP contribution in [0.5, 0.6) is 0 Å². The number of rotatable bonds is 0. The number of hydrogen-bond donors (Lipinski definition) is 1. The molecule has 3 heterocycles. The van der Waals surface area contributed by atoms with E-state index in [0.717, 1.165) is 0 Å². The van der Waals surface area contributed by atoms with Gasteiger partial charge in [0, 0.05) is 0 Å². The summed E-state index contributed by atoms with van der Waals surface area (Å²) in [7, 11) is -3.38. The summed E-state index contributed by atoms with van der Waals surface area (Å²) in [6, 6.07) is 0. The molecule has 0 radical (unpaired) electrons. The zero-order chi connectivity index (χ0) is 9.43. The summed E-state index contributed by atoms with van der Waals surface area (Å²) in [5, 5.41) is -0.572. The van der Waals surface area contributed by atoms with Gasteiger partial charge in [0.2, 0.25) is 0 Å². The Labute approximate surface area is 82.1 Å². The minimum absolute atomic E-state index is 0.119. The van der Waals surface area contributed by atoms with Gasteiger partial charge in [-0.15, -0.1) is 0 Å². The van der Waals surface area contributed by atoms with Crippen molar-refractivity contribution in [2.45, 2.75) is 41.7 Å². The fraction of sp³-hybridized carbons (Fsp3) is 1.00. The quantitative estimate of drug-likeness (QED) is 0.461. The van der Waals surface area contributed by atoms with Gasteiger partial charge in [0.05, 0.1) is 10.9 Å². The average Bonchev–Trinajstić information content (AvgIpc) is 2.52. The van der Waals surface area contributed by atoms with Crippen molar-refractivity contribution in [1.82, 2.24) is 0 Å². The van der Waals surface area contributed by atoms with E-state index in [1.54, 1.807) is 0 Å². The van der Waals surface area contributed by atoms with Crippen molar-refractivity contribution in [3.05, 3.63) is 0 Å². The third-order valence-corrected chi connectivity index (χ3v) is 5.76. The molecule has 3 aliphatic rings. The lowest BCUT2D eigenvalue weighted by Crippen LogP contribution is -2.41. The predicted molar refractivity (Wildman–Crippen MR) is 48.2 cm³/mol. The summed E-state index contributed by atoms with van der Waals surface area (Å²) in [4.78, 5) is 0. The van der Waals surface area contributed by atoms with Crippen LogP contribution in [0.2, 0.25) is 0 Å². The molecule has 3 saturated heterocycles. The van der Waals surface area contributed by atoms with E-state index >= 15 is 0 Å². The summed E-state index contributed by atoms with van der Waals surface area (Å²) in [6.07, 6.45) is -0.125. The van der Waals surface area contributed by atoms with Gasteiger partial charge in [-0.3, -0.25) is 4.18 Å². The van der Waals surface area contributed by atoms with Crippen molar-refractivity contribution in [3.63, 3.8) is 0 Å². The van der Waals surface area contributed by atoms with Crippen LogP contribution in [-0.2, 0) is 19.0 Å². The lowest BCUT2D eigenvalue weighted by Gasteiger charge is -2.25. The topological polar surface area (TPSA) is 52.6 Å². The number of fused-ring (bicyclic) bond motifs is 1. The second kappa shape index (κ2) is 2.08. The van der Waals surface area contributed by atoms with E-state index in [1.807, 2.05) is 6.92 Å². The molecule has 3 rings (SSSR count). The minimum Gasteiger partial charge on any atom is -0.366 e. The molecule has 0 aromatic heterocycles. The van der Waals surface area contributed by atoms with Crippen LogP contribution in [0.25, 0.3) is 0 Å². The molecule has 13 heavy (non-hydrogen) atoms. The molecule has 4 nitrogen and oxygen atoms in total. The maximum Gasteiger partial charge on any atom is 0.273 e. The van der Waals surface area contributed by atoms with Crippen LogP contribution >= 0.6 is 12.6 Å². The smallest absolute Gasteiger partial charge is 0.273 e. The molecule has 0 aliphatic carbocycles. The molecule has 74 valence electrons. The van der Waals surface area contributed by atoms with Gasteiger partial charge in [-0.25, -0.2) is 0 Å². The van der Waals surface area contributed by atoms with E-state index in [4.69, 9.17) is 8.92 Å². The standard InChI is InChI=1S/C7H10O4S2/c1-7-2-3-4(10-7)5(6(7)12)11-13(3,8)9/h3-6,12H,2H2,1H3. The van der Waals surface area contributed by atoms with Crippen LogP contribution < -0.4 is 0 Å². The first-order valence-electron chi connectivity index (χ1n) is 4.22. The SMILES string of the molecule is CC12CC3C(O1)C(OS3(=O)=O)C2S. The molecule has 3 aliphatic heterocycles. The summed E-state index contributed by atoms with van der Waals surface area (Å²) >= 11 is 4.35. The average molecular weight is 222 g/mol. The Bertz CT molecular complexity index is 365. The lowest BCUT2D eigenvalue weighted by atomic mass is 9.87. The second-order valence-electron chi connectivity index (χ2n) is 4.14. The Balaban J connectivity index is 2.14. The Kier molecular flexibility index (Phi) is 1.36. The fourth-order valence-corrected chi connectivity index (χ4v) is 4.77. The van der Waals surface area contributed by atoms with Crippen molar-refractivity contribution in [2.75, 3.05) is 0 Å². The van der Waals surface area contributed by atoms with Crippen LogP contribution in [0.4, 0.5) is 0 Å². The lowest BCUT2D eigenvalue weighted by molar-refractivity contribution is 0.0242. The summed E-state index contributed by atoms with van der Waals surface area (Å²) in [5.41, 5.74) is -0.410. The Morgan fingerprint density at radius 3 is 2.69 bits per heavy atom. The van der Waals surface area contributed by atoms with Gasteiger partial charge in [0.25, 0.3) is 10.1 Å². The Morgan fingerprint density at radius 1 is 1.46 bits per heavy atom. The highest BCUT2D eigenvalue weighted by Crippen LogP contribution is 2.54. The highest BCUT2D eigenvalue weighted by Gasteiger charge is 2.69. The van der Waals surface area contributed by atoms with E-state index < -0.39 is 21.0 Å². The van der Waals surface area contributed by atoms with Gasteiger partial charge < -0.3 is 4.74 Å². The van der Waals surface area contributed by atoms with Gasteiger partial charge in [0.15, 0.2) is 0 Å².